The van der Waals surface area contributed by atoms with Gasteiger partial charge in [0.15, 0.2) is 11.9 Å². The second kappa shape index (κ2) is 9.82. The van der Waals surface area contributed by atoms with Crippen molar-refractivity contribution >= 4 is 52.6 Å². The minimum atomic E-state index is -0.983. The van der Waals surface area contributed by atoms with Gasteiger partial charge in [-0.3, -0.25) is 0 Å². The lowest BCUT2D eigenvalue weighted by Gasteiger charge is -2.12. The molecule has 0 saturated heterocycles. The highest BCUT2D eigenvalue weighted by atomic mass is 35.5. The van der Waals surface area contributed by atoms with Gasteiger partial charge in [0.05, 0.1) is 21.2 Å². The number of carboxylic acids is 2. The summed E-state index contributed by atoms with van der Waals surface area (Å²) in [5.74, 6) is -1.96. The lowest BCUT2D eigenvalue weighted by molar-refractivity contribution is -0.612. The maximum atomic E-state index is 11.2. The van der Waals surface area contributed by atoms with E-state index in [4.69, 9.17) is 38.5 Å². The highest BCUT2D eigenvalue weighted by Gasteiger charge is 2.37. The van der Waals surface area contributed by atoms with Gasteiger partial charge in [-0.1, -0.05) is 52.2 Å². The zero-order valence-corrected chi connectivity index (χ0v) is 19.3. The van der Waals surface area contributed by atoms with Crippen molar-refractivity contribution in [3.05, 3.63) is 99.0 Å². The Bertz CT molecular complexity index is 1230. The van der Waals surface area contributed by atoms with Crippen molar-refractivity contribution in [2.45, 2.75) is 17.4 Å². The summed E-state index contributed by atoms with van der Waals surface area (Å²) in [6.07, 6.45) is 0. The second-order valence-corrected chi connectivity index (χ2v) is 9.24. The van der Waals surface area contributed by atoms with Crippen LogP contribution in [0.5, 0.6) is 0 Å². The summed E-state index contributed by atoms with van der Waals surface area (Å²) in [5.41, 5.74) is 2.70. The number of anilines is 1. The molecule has 4 rings (SSSR count). The largest absolute Gasteiger partial charge is 0.478 e. The van der Waals surface area contributed by atoms with Gasteiger partial charge >= 0.3 is 17.4 Å². The molecule has 3 N–H and O–H groups in total. The molecule has 1 aliphatic heterocycles. The Morgan fingerprint density at radius 2 is 1.52 bits per heavy atom. The average Bonchev–Trinajstić information content (AvgIpc) is 3.19. The molecule has 0 radical (unpaired) electrons. The monoisotopic (exact) mass is 502 g/mol. The Labute approximate surface area is 203 Å². The molecule has 2 unspecified atom stereocenters. The maximum Gasteiger partial charge on any atom is 0.335 e. The van der Waals surface area contributed by atoms with Crippen LogP contribution in [0.15, 0.2) is 71.8 Å². The van der Waals surface area contributed by atoms with Crippen LogP contribution in [0.3, 0.4) is 0 Å². The first-order valence-corrected chi connectivity index (χ1v) is 11.5. The first-order valence-electron chi connectivity index (χ1n) is 9.80. The number of nitrogens with zero attached hydrogens (tertiary/aromatic N) is 2. The van der Waals surface area contributed by atoms with Crippen LogP contribution >= 0.6 is 35.0 Å². The van der Waals surface area contributed by atoms with E-state index >= 15 is 0 Å². The lowest BCUT2D eigenvalue weighted by Crippen LogP contribution is -2.26. The van der Waals surface area contributed by atoms with Crippen molar-refractivity contribution in [1.82, 2.24) is 0 Å². The molecule has 10 heteroatoms. The molecule has 168 valence electrons. The number of hydrogen-bond donors (Lipinski definition) is 3. The van der Waals surface area contributed by atoms with E-state index in [-0.39, 0.29) is 22.0 Å². The number of hydrogen-bond acceptors (Lipinski definition) is 5. The third-order valence-electron chi connectivity index (χ3n) is 4.98. The Morgan fingerprint density at radius 1 is 0.909 bits per heavy atom. The summed E-state index contributed by atoms with van der Waals surface area (Å²) in [6.45, 7) is 0.440. The van der Waals surface area contributed by atoms with Crippen LogP contribution in [0.4, 0.5) is 5.69 Å². The molecule has 0 amide bonds. The number of carbonyl (C=O) groups is 2. The molecular formula is C23H18Cl2N3O4S+. The van der Waals surface area contributed by atoms with Crippen LogP contribution in [0.2, 0.25) is 10.0 Å². The molecule has 3 aromatic rings. The SMILES string of the molecule is O=C(O)c1ccc(C[N+]2=NC(c3ccc(C(=O)O)cc3)SC2Nc2ccc(Cl)c(Cl)c2)cc1. The van der Waals surface area contributed by atoms with Crippen LogP contribution in [-0.4, -0.2) is 32.3 Å². The van der Waals surface area contributed by atoms with E-state index in [2.05, 4.69) is 5.32 Å². The average molecular weight is 503 g/mol. The lowest BCUT2D eigenvalue weighted by atomic mass is 10.1. The molecule has 3 aromatic carbocycles. The fourth-order valence-electron chi connectivity index (χ4n) is 3.25. The molecule has 0 saturated carbocycles. The highest BCUT2D eigenvalue weighted by Crippen LogP contribution is 2.41. The molecule has 0 spiro atoms. The minimum absolute atomic E-state index is 0.211. The van der Waals surface area contributed by atoms with Gasteiger partial charge < -0.3 is 15.5 Å². The van der Waals surface area contributed by atoms with Gasteiger partial charge in [0, 0.05) is 11.3 Å². The zero-order valence-electron chi connectivity index (χ0n) is 17.0. The van der Waals surface area contributed by atoms with Gasteiger partial charge in [-0.05, 0) is 64.9 Å². The van der Waals surface area contributed by atoms with Gasteiger partial charge in [-0.2, -0.15) is 0 Å². The smallest absolute Gasteiger partial charge is 0.335 e. The predicted molar refractivity (Wildman–Crippen MR) is 127 cm³/mol. The van der Waals surface area contributed by atoms with Crippen molar-refractivity contribution in [2.24, 2.45) is 5.11 Å². The summed E-state index contributed by atoms with van der Waals surface area (Å²) < 4.78 is 1.87. The van der Waals surface area contributed by atoms with Gasteiger partial charge in [0.1, 0.15) is 0 Å². The van der Waals surface area contributed by atoms with Crippen molar-refractivity contribution in [1.29, 1.82) is 0 Å². The highest BCUT2D eigenvalue weighted by molar-refractivity contribution is 8.00. The van der Waals surface area contributed by atoms with Gasteiger partial charge in [-0.15, -0.1) is 0 Å². The number of thioether (sulfide) groups is 1. The third kappa shape index (κ3) is 5.47. The summed E-state index contributed by atoms with van der Waals surface area (Å²) in [6, 6.07) is 18.5. The molecule has 0 aliphatic carbocycles. The van der Waals surface area contributed by atoms with E-state index in [1.54, 1.807) is 72.4 Å². The van der Waals surface area contributed by atoms with Crippen molar-refractivity contribution < 1.29 is 24.5 Å². The Morgan fingerprint density at radius 3 is 2.09 bits per heavy atom. The Balaban J connectivity index is 1.60. The second-order valence-electron chi connectivity index (χ2n) is 7.26. The fraction of sp³-hybridized carbons (Fsp3) is 0.130. The van der Waals surface area contributed by atoms with Crippen molar-refractivity contribution in [3.8, 4) is 0 Å². The van der Waals surface area contributed by atoms with E-state index in [9.17, 15) is 9.59 Å². The molecule has 0 fully saturated rings. The van der Waals surface area contributed by atoms with Gasteiger partial charge in [-0.25, -0.2) is 9.59 Å². The van der Waals surface area contributed by atoms with E-state index in [1.165, 1.54) is 0 Å². The van der Waals surface area contributed by atoms with Crippen LogP contribution in [0, 0.1) is 0 Å². The number of benzene rings is 3. The predicted octanol–water partition coefficient (Wildman–Crippen LogP) is 6.20. The molecular weight excluding hydrogens is 485 g/mol. The standard InChI is InChI=1S/C23H17Cl2N3O4S/c24-18-10-9-17(11-19(18)25)26-23-28(12-13-1-3-15(4-2-13)21(29)30)27-20(33-23)14-5-7-16(8-6-14)22(31)32/h1-11,20,23,26H,12H2,(H-,29,30,31,32)/p+1. The topological polar surface area (TPSA) is 102 Å². The number of halogens is 2. The first kappa shape index (κ1) is 23.1. The molecule has 1 aliphatic rings. The van der Waals surface area contributed by atoms with Crippen LogP contribution in [0.1, 0.15) is 37.2 Å². The zero-order chi connectivity index (χ0) is 23.5. The third-order valence-corrected chi connectivity index (χ3v) is 6.96. The number of nitrogens with one attached hydrogen (secondary N) is 1. The van der Waals surface area contributed by atoms with E-state index < -0.39 is 11.9 Å². The fourth-order valence-corrected chi connectivity index (χ4v) is 4.76. The molecule has 33 heavy (non-hydrogen) atoms. The Hall–Kier alpha value is -3.07. The first-order chi connectivity index (χ1) is 15.8. The van der Waals surface area contributed by atoms with E-state index in [0.29, 0.717) is 16.6 Å². The van der Waals surface area contributed by atoms with Crippen molar-refractivity contribution in [3.63, 3.8) is 0 Å². The molecule has 2 atom stereocenters. The van der Waals surface area contributed by atoms with E-state index in [1.807, 2.05) is 10.8 Å². The summed E-state index contributed by atoms with van der Waals surface area (Å²) in [7, 11) is 0. The van der Waals surface area contributed by atoms with Crippen molar-refractivity contribution in [2.75, 3.05) is 5.32 Å². The summed E-state index contributed by atoms with van der Waals surface area (Å²) in [4.78, 5) is 22.3. The normalized spacial score (nSPS) is 17.5. The quantitative estimate of drug-likeness (QED) is 0.332. The number of rotatable bonds is 7. The summed E-state index contributed by atoms with van der Waals surface area (Å²) >= 11 is 13.7. The number of carboxylic acid groups (broad SMARTS) is 2. The van der Waals surface area contributed by atoms with Crippen LogP contribution < -0.4 is 5.32 Å². The summed E-state index contributed by atoms with van der Waals surface area (Å²) in [5, 5.41) is 27.1. The van der Waals surface area contributed by atoms with Crippen LogP contribution in [0.25, 0.3) is 0 Å². The van der Waals surface area contributed by atoms with E-state index in [0.717, 1.165) is 16.8 Å². The maximum absolute atomic E-state index is 11.2. The van der Waals surface area contributed by atoms with Crippen LogP contribution in [-0.2, 0) is 6.54 Å². The van der Waals surface area contributed by atoms with Gasteiger partial charge in [0.25, 0.3) is 0 Å². The molecule has 7 nitrogen and oxygen atoms in total. The Kier molecular flexibility index (Phi) is 6.88. The molecule has 1 heterocycles. The number of aromatic carboxylic acids is 2. The molecule has 0 aromatic heterocycles. The number of azo groups is 2. The van der Waals surface area contributed by atoms with Gasteiger partial charge in [0.2, 0.25) is 0 Å². The minimum Gasteiger partial charge on any atom is -0.478 e. The molecule has 0 bridgehead atoms.